The van der Waals surface area contributed by atoms with Gasteiger partial charge in [0, 0.05) is 6.42 Å². The van der Waals surface area contributed by atoms with Crippen molar-refractivity contribution in [3.63, 3.8) is 0 Å². The topological polar surface area (TPSA) is 124 Å². The van der Waals surface area contributed by atoms with E-state index >= 15 is 0 Å². The van der Waals surface area contributed by atoms with Gasteiger partial charge >= 0.3 is 18.0 Å². The molecule has 0 rings (SSSR count). The van der Waals surface area contributed by atoms with E-state index in [1.54, 1.807) is 0 Å². The molecule has 0 aromatic heterocycles. The van der Waals surface area contributed by atoms with E-state index in [1.807, 2.05) is 5.32 Å². The van der Waals surface area contributed by atoms with Gasteiger partial charge in [0.2, 0.25) is 0 Å². The minimum Gasteiger partial charge on any atom is -0.481 e. The van der Waals surface area contributed by atoms with Crippen LogP contribution in [0.5, 0.6) is 0 Å². The van der Waals surface area contributed by atoms with Crippen LogP contribution >= 0.6 is 0 Å². The van der Waals surface area contributed by atoms with Gasteiger partial charge in [0.05, 0.1) is 0 Å². The Morgan fingerprint density at radius 3 is 1.09 bits per heavy atom. The number of hydrogen-bond donors (Lipinski definition) is 4. The Balaban J connectivity index is 3.21. The van der Waals surface area contributed by atoms with Gasteiger partial charge in [-0.1, -0.05) is 116 Å². The maximum Gasteiger partial charge on any atom is 0.405 e. The second-order valence-corrected chi connectivity index (χ2v) is 8.99. The third-order valence-electron chi connectivity index (χ3n) is 5.98. The quantitative estimate of drug-likeness (QED) is 0.116. The molecule has 0 aromatic rings. The second-order valence-electron chi connectivity index (χ2n) is 8.99. The fraction of sp³-hybridized carbons (Fsp3) is 0.880. The van der Waals surface area contributed by atoms with E-state index < -0.39 is 24.1 Å². The first-order valence-corrected chi connectivity index (χ1v) is 12.9. The molecule has 7 nitrogen and oxygen atoms in total. The molecule has 0 aromatic carbocycles. The number of carboxylic acid groups (broad SMARTS) is 3. The van der Waals surface area contributed by atoms with Crippen molar-refractivity contribution in [3.05, 3.63) is 0 Å². The molecule has 1 amide bonds. The van der Waals surface area contributed by atoms with E-state index in [-0.39, 0.29) is 0 Å². The van der Waals surface area contributed by atoms with Crippen LogP contribution in [0.15, 0.2) is 0 Å². The van der Waals surface area contributed by atoms with Crippen molar-refractivity contribution in [2.45, 2.75) is 141 Å². The van der Waals surface area contributed by atoms with Gasteiger partial charge in [-0.2, -0.15) is 0 Å². The van der Waals surface area contributed by atoms with Crippen molar-refractivity contribution in [1.82, 2.24) is 5.32 Å². The first-order chi connectivity index (χ1) is 15.4. The molecule has 0 aliphatic heterocycles. The van der Waals surface area contributed by atoms with Gasteiger partial charge in [0.15, 0.2) is 0 Å². The lowest BCUT2D eigenvalue weighted by Crippen LogP contribution is -2.39. The van der Waals surface area contributed by atoms with Gasteiger partial charge in [-0.05, 0) is 12.8 Å². The molecule has 0 fully saturated rings. The molecular formula is C25H47NO6. The molecule has 0 bridgehead atoms. The van der Waals surface area contributed by atoms with Crippen molar-refractivity contribution >= 4 is 18.0 Å². The maximum atomic E-state index is 10.9. The number of nitrogens with one attached hydrogen (secondary N) is 1. The van der Waals surface area contributed by atoms with Crippen LogP contribution in [0.3, 0.4) is 0 Å². The van der Waals surface area contributed by atoms with E-state index in [4.69, 9.17) is 15.3 Å². The predicted octanol–water partition coefficient (Wildman–Crippen LogP) is 6.98. The third kappa shape index (κ3) is 22.9. The average Bonchev–Trinajstić information content (AvgIpc) is 2.73. The number of unbranched alkanes of at least 4 members (excludes halogenated alkanes) is 18. The Morgan fingerprint density at radius 1 is 0.500 bits per heavy atom. The standard InChI is InChI=1S/C25H47NO6/c27-23(28)21-19-17-15-13-11-9-7-5-3-1-2-4-6-8-10-12-14-16-18-20-22(24(29)30)26-25(31)32/h22,26H,1-21H2,(H,27,28)(H,29,30)(H,31,32). The molecular weight excluding hydrogens is 410 g/mol. The Morgan fingerprint density at radius 2 is 0.812 bits per heavy atom. The monoisotopic (exact) mass is 457 g/mol. The molecule has 0 aliphatic carbocycles. The van der Waals surface area contributed by atoms with Gasteiger partial charge in [0.1, 0.15) is 6.04 Å². The summed E-state index contributed by atoms with van der Waals surface area (Å²) in [5.74, 6) is -1.78. The van der Waals surface area contributed by atoms with Gasteiger partial charge in [-0.25, -0.2) is 9.59 Å². The van der Waals surface area contributed by atoms with Gasteiger partial charge in [-0.3, -0.25) is 4.79 Å². The van der Waals surface area contributed by atoms with E-state index in [1.165, 1.54) is 89.9 Å². The second kappa shape index (κ2) is 22.4. The summed E-state index contributed by atoms with van der Waals surface area (Å²) in [6.07, 6.45) is 22.0. The summed E-state index contributed by atoms with van der Waals surface area (Å²) in [5.41, 5.74) is 0. The molecule has 0 spiro atoms. The number of hydrogen-bond acceptors (Lipinski definition) is 3. The van der Waals surface area contributed by atoms with Crippen LogP contribution in [0.2, 0.25) is 0 Å². The van der Waals surface area contributed by atoms with Crippen LogP contribution < -0.4 is 5.32 Å². The van der Waals surface area contributed by atoms with Gasteiger partial charge in [0.25, 0.3) is 0 Å². The SMILES string of the molecule is O=C(O)CCCCCCCCCCCCCCCCCCCCCC(NC(=O)O)C(=O)O. The zero-order chi connectivity index (χ0) is 23.9. The van der Waals surface area contributed by atoms with Crippen LogP contribution in [0, 0.1) is 0 Å². The lowest BCUT2D eigenvalue weighted by molar-refractivity contribution is -0.139. The molecule has 7 heteroatoms. The summed E-state index contributed by atoms with van der Waals surface area (Å²) >= 11 is 0. The lowest BCUT2D eigenvalue weighted by Gasteiger charge is -2.11. The summed E-state index contributed by atoms with van der Waals surface area (Å²) < 4.78 is 0. The third-order valence-corrected chi connectivity index (χ3v) is 5.98. The molecule has 0 radical (unpaired) electrons. The summed E-state index contributed by atoms with van der Waals surface area (Å²) in [6, 6.07) is -0.991. The highest BCUT2D eigenvalue weighted by molar-refractivity contribution is 5.79. The smallest absolute Gasteiger partial charge is 0.405 e. The Hall–Kier alpha value is -1.79. The molecule has 1 atom stereocenters. The first-order valence-electron chi connectivity index (χ1n) is 12.9. The Bertz CT molecular complexity index is 483. The van der Waals surface area contributed by atoms with Crippen molar-refractivity contribution in [1.29, 1.82) is 0 Å². The highest BCUT2D eigenvalue weighted by Crippen LogP contribution is 2.15. The number of aliphatic carboxylic acids is 2. The Labute approximate surface area is 194 Å². The van der Waals surface area contributed by atoms with E-state index in [9.17, 15) is 14.4 Å². The maximum absolute atomic E-state index is 10.9. The molecule has 1 unspecified atom stereocenters. The number of amides is 1. The lowest BCUT2D eigenvalue weighted by atomic mass is 10.0. The molecule has 188 valence electrons. The normalized spacial score (nSPS) is 11.9. The van der Waals surface area contributed by atoms with Crippen molar-refractivity contribution in [2.75, 3.05) is 0 Å². The summed E-state index contributed by atoms with van der Waals surface area (Å²) in [4.78, 5) is 31.9. The molecule has 0 saturated carbocycles. The fourth-order valence-electron chi connectivity index (χ4n) is 4.04. The van der Waals surface area contributed by atoms with Crippen LogP contribution in [0.4, 0.5) is 4.79 Å². The summed E-state index contributed by atoms with van der Waals surface area (Å²) in [6.45, 7) is 0. The van der Waals surface area contributed by atoms with Crippen molar-refractivity contribution in [3.8, 4) is 0 Å². The van der Waals surface area contributed by atoms with Gasteiger partial charge in [-0.15, -0.1) is 0 Å². The Kier molecular flexibility index (Phi) is 21.2. The van der Waals surface area contributed by atoms with Crippen LogP contribution in [0.1, 0.15) is 135 Å². The van der Waals surface area contributed by atoms with Crippen LogP contribution in [-0.2, 0) is 9.59 Å². The number of rotatable bonds is 24. The zero-order valence-electron chi connectivity index (χ0n) is 20.0. The van der Waals surface area contributed by atoms with Crippen molar-refractivity contribution < 1.29 is 29.7 Å². The van der Waals surface area contributed by atoms with E-state index in [0.29, 0.717) is 12.8 Å². The largest absolute Gasteiger partial charge is 0.481 e. The highest BCUT2D eigenvalue weighted by atomic mass is 16.4. The minimum atomic E-state index is -1.28. The molecule has 0 heterocycles. The zero-order valence-corrected chi connectivity index (χ0v) is 20.0. The van der Waals surface area contributed by atoms with Gasteiger partial charge < -0.3 is 20.6 Å². The molecule has 0 aliphatic rings. The molecule has 32 heavy (non-hydrogen) atoms. The predicted molar refractivity (Wildman–Crippen MR) is 127 cm³/mol. The van der Waals surface area contributed by atoms with Crippen molar-refractivity contribution in [2.24, 2.45) is 0 Å². The number of carboxylic acids is 2. The molecule has 4 N–H and O–H groups in total. The van der Waals surface area contributed by atoms with Crippen LogP contribution in [0.25, 0.3) is 0 Å². The average molecular weight is 458 g/mol. The summed E-state index contributed by atoms with van der Waals surface area (Å²) in [7, 11) is 0. The van der Waals surface area contributed by atoms with E-state index in [0.717, 1.165) is 32.1 Å². The minimum absolute atomic E-state index is 0.312. The first kappa shape index (κ1) is 30.2. The number of carbonyl (C=O) groups is 3. The fourth-order valence-corrected chi connectivity index (χ4v) is 4.04. The summed E-state index contributed by atoms with van der Waals surface area (Å²) in [5, 5.41) is 28.2. The van der Waals surface area contributed by atoms with Crippen LogP contribution in [-0.4, -0.2) is 39.4 Å². The molecule has 0 saturated heterocycles. The van der Waals surface area contributed by atoms with E-state index in [2.05, 4.69) is 0 Å². The highest BCUT2D eigenvalue weighted by Gasteiger charge is 2.18.